The molecule has 0 amide bonds. The van der Waals surface area contributed by atoms with Crippen molar-refractivity contribution < 1.29 is 4.74 Å². The van der Waals surface area contributed by atoms with E-state index in [0.29, 0.717) is 10.7 Å². The Morgan fingerprint density at radius 2 is 1.69 bits per heavy atom. The van der Waals surface area contributed by atoms with Crippen molar-refractivity contribution in [1.82, 2.24) is 14.8 Å². The van der Waals surface area contributed by atoms with E-state index in [0.717, 1.165) is 61.5 Å². The zero-order chi connectivity index (χ0) is 20.2. The topological polar surface area (TPSA) is 52.4 Å². The summed E-state index contributed by atoms with van der Waals surface area (Å²) in [6, 6.07) is 18.0. The normalized spacial score (nSPS) is 15.3. The van der Waals surface area contributed by atoms with Crippen LogP contribution in [0, 0.1) is 11.3 Å². The summed E-state index contributed by atoms with van der Waals surface area (Å²) < 4.78 is 5.27. The number of halogens is 1. The second kappa shape index (κ2) is 8.79. The molecule has 1 aliphatic heterocycles. The van der Waals surface area contributed by atoms with E-state index in [2.05, 4.69) is 26.9 Å². The summed E-state index contributed by atoms with van der Waals surface area (Å²) in [5, 5.41) is 10.6. The third-order valence-electron chi connectivity index (χ3n) is 5.40. The molecule has 0 bridgehead atoms. The molecule has 0 spiro atoms. The van der Waals surface area contributed by atoms with Crippen LogP contribution in [-0.4, -0.2) is 48.1 Å². The highest BCUT2D eigenvalue weighted by Gasteiger charge is 2.18. The van der Waals surface area contributed by atoms with Gasteiger partial charge in [0.15, 0.2) is 0 Å². The Morgan fingerprint density at radius 1 is 1.00 bits per heavy atom. The van der Waals surface area contributed by atoms with Crippen LogP contribution < -0.4 is 4.74 Å². The molecule has 29 heavy (non-hydrogen) atoms. The summed E-state index contributed by atoms with van der Waals surface area (Å²) in [6.07, 6.45) is 0. The minimum Gasteiger partial charge on any atom is -0.497 e. The second-order valence-electron chi connectivity index (χ2n) is 7.36. The van der Waals surface area contributed by atoms with Gasteiger partial charge in [-0.05, 0) is 35.9 Å². The fraction of sp³-hybridized carbons (Fsp3) is 0.304. The van der Waals surface area contributed by atoms with E-state index in [-0.39, 0.29) is 0 Å². The maximum Gasteiger partial charge on any atom is 0.134 e. The quantitative estimate of drug-likeness (QED) is 0.597. The van der Waals surface area contributed by atoms with Crippen molar-refractivity contribution >= 4 is 22.5 Å². The van der Waals surface area contributed by atoms with E-state index in [1.807, 2.05) is 42.5 Å². The highest BCUT2D eigenvalue weighted by molar-refractivity contribution is 6.30. The van der Waals surface area contributed by atoms with Crippen LogP contribution in [0.4, 0.5) is 0 Å². The number of hydrogen-bond donors (Lipinski definition) is 0. The van der Waals surface area contributed by atoms with Crippen molar-refractivity contribution in [3.63, 3.8) is 0 Å². The van der Waals surface area contributed by atoms with Gasteiger partial charge in [0.1, 0.15) is 10.9 Å². The molecule has 4 rings (SSSR count). The van der Waals surface area contributed by atoms with Crippen LogP contribution in [0.1, 0.15) is 16.7 Å². The van der Waals surface area contributed by atoms with E-state index in [1.165, 1.54) is 5.56 Å². The zero-order valence-electron chi connectivity index (χ0n) is 16.4. The second-order valence-corrected chi connectivity index (χ2v) is 7.72. The van der Waals surface area contributed by atoms with E-state index in [9.17, 15) is 0 Å². The van der Waals surface area contributed by atoms with E-state index in [1.54, 1.807) is 7.11 Å². The molecular weight excluding hydrogens is 384 g/mol. The molecule has 1 aromatic heterocycles. The predicted molar refractivity (Wildman–Crippen MR) is 115 cm³/mol. The molecule has 0 atom stereocenters. The van der Waals surface area contributed by atoms with Gasteiger partial charge in [0.2, 0.25) is 0 Å². The molecule has 1 saturated heterocycles. The van der Waals surface area contributed by atoms with Crippen LogP contribution in [0.25, 0.3) is 10.9 Å². The molecule has 5 nitrogen and oxygen atoms in total. The van der Waals surface area contributed by atoms with Crippen LogP contribution in [0.15, 0.2) is 48.5 Å². The number of rotatable bonds is 5. The third-order valence-corrected chi connectivity index (χ3v) is 5.73. The molecule has 6 heteroatoms. The first-order valence-corrected chi connectivity index (χ1v) is 10.1. The molecule has 0 radical (unpaired) electrons. The fourth-order valence-corrected chi connectivity index (χ4v) is 3.90. The molecular formula is C23H23ClN4O. The van der Waals surface area contributed by atoms with Gasteiger partial charge in [-0.25, -0.2) is 4.98 Å². The lowest BCUT2D eigenvalue weighted by atomic mass is 10.1. The standard InChI is InChI=1S/C23H23ClN4O/c1-29-21-7-6-19-12-20(23(24)26-22(19)13-21)16-28-10-8-27(9-11-28)15-18-4-2-17(14-25)3-5-18/h2-7,12-13H,8-11,15-16H2,1H3. The number of piperazine rings is 1. The average Bonchev–Trinajstić information content (AvgIpc) is 2.76. The smallest absolute Gasteiger partial charge is 0.134 e. The first-order valence-electron chi connectivity index (χ1n) is 9.71. The molecule has 2 aromatic carbocycles. The molecule has 2 heterocycles. The summed E-state index contributed by atoms with van der Waals surface area (Å²) in [4.78, 5) is 9.43. The highest BCUT2D eigenvalue weighted by Crippen LogP contribution is 2.25. The van der Waals surface area contributed by atoms with Gasteiger partial charge in [0, 0.05) is 56.3 Å². The Labute approximate surface area is 176 Å². The lowest BCUT2D eigenvalue weighted by molar-refractivity contribution is 0.122. The molecule has 0 N–H and O–H groups in total. The molecule has 3 aromatic rings. The summed E-state index contributed by atoms with van der Waals surface area (Å²) >= 11 is 6.47. The molecule has 1 aliphatic rings. The van der Waals surface area contributed by atoms with Gasteiger partial charge in [-0.1, -0.05) is 23.7 Å². The van der Waals surface area contributed by atoms with Crippen LogP contribution in [-0.2, 0) is 13.1 Å². The van der Waals surface area contributed by atoms with Gasteiger partial charge in [-0.2, -0.15) is 5.26 Å². The third kappa shape index (κ3) is 4.68. The summed E-state index contributed by atoms with van der Waals surface area (Å²) in [5.41, 5.74) is 3.86. The molecule has 0 aliphatic carbocycles. The Hall–Kier alpha value is -2.65. The largest absolute Gasteiger partial charge is 0.497 e. The summed E-state index contributed by atoms with van der Waals surface area (Å²) in [5.74, 6) is 0.784. The zero-order valence-corrected chi connectivity index (χ0v) is 17.2. The molecule has 0 unspecified atom stereocenters. The average molecular weight is 407 g/mol. The lowest BCUT2D eigenvalue weighted by Gasteiger charge is -2.34. The minimum atomic E-state index is 0.561. The van der Waals surface area contributed by atoms with Crippen molar-refractivity contribution in [2.75, 3.05) is 33.3 Å². The fourth-order valence-electron chi connectivity index (χ4n) is 3.69. The van der Waals surface area contributed by atoms with Crippen molar-refractivity contribution in [3.05, 3.63) is 70.4 Å². The number of hydrogen-bond acceptors (Lipinski definition) is 5. The highest BCUT2D eigenvalue weighted by atomic mass is 35.5. The van der Waals surface area contributed by atoms with Gasteiger partial charge >= 0.3 is 0 Å². The lowest BCUT2D eigenvalue weighted by Crippen LogP contribution is -2.45. The van der Waals surface area contributed by atoms with Crippen molar-refractivity contribution in [2.24, 2.45) is 0 Å². The molecule has 0 saturated carbocycles. The Morgan fingerprint density at radius 3 is 2.34 bits per heavy atom. The van der Waals surface area contributed by atoms with Gasteiger partial charge in [-0.3, -0.25) is 9.80 Å². The predicted octanol–water partition coefficient (Wildman–Crippen LogP) is 4.09. The van der Waals surface area contributed by atoms with Crippen LogP contribution in [0.5, 0.6) is 5.75 Å². The number of fused-ring (bicyclic) bond motifs is 1. The van der Waals surface area contributed by atoms with Crippen molar-refractivity contribution in [1.29, 1.82) is 5.26 Å². The summed E-state index contributed by atoms with van der Waals surface area (Å²) in [7, 11) is 1.65. The van der Waals surface area contributed by atoms with E-state index >= 15 is 0 Å². The number of pyridine rings is 1. The number of methoxy groups -OCH3 is 1. The maximum atomic E-state index is 8.92. The van der Waals surface area contributed by atoms with Crippen molar-refractivity contribution in [2.45, 2.75) is 13.1 Å². The first-order chi connectivity index (χ1) is 14.1. The Balaban J connectivity index is 1.36. The molecule has 148 valence electrons. The number of nitriles is 1. The Kier molecular flexibility index (Phi) is 5.96. The Bertz CT molecular complexity index is 1040. The van der Waals surface area contributed by atoms with Gasteiger partial charge in [0.05, 0.1) is 24.3 Å². The number of benzene rings is 2. The van der Waals surface area contributed by atoms with Gasteiger partial charge in [-0.15, -0.1) is 0 Å². The van der Waals surface area contributed by atoms with E-state index < -0.39 is 0 Å². The monoisotopic (exact) mass is 406 g/mol. The van der Waals surface area contributed by atoms with Crippen molar-refractivity contribution in [3.8, 4) is 11.8 Å². The number of nitrogens with zero attached hydrogens (tertiary/aromatic N) is 4. The van der Waals surface area contributed by atoms with Gasteiger partial charge < -0.3 is 4.74 Å². The van der Waals surface area contributed by atoms with Crippen LogP contribution >= 0.6 is 11.6 Å². The summed E-state index contributed by atoms with van der Waals surface area (Å²) in [6.45, 7) is 5.73. The number of aromatic nitrogens is 1. The molecule has 1 fully saturated rings. The maximum absolute atomic E-state index is 8.92. The number of ether oxygens (including phenoxy) is 1. The first kappa shape index (κ1) is 19.7. The van der Waals surface area contributed by atoms with Gasteiger partial charge in [0.25, 0.3) is 0 Å². The van der Waals surface area contributed by atoms with Crippen LogP contribution in [0.2, 0.25) is 5.15 Å². The van der Waals surface area contributed by atoms with Crippen LogP contribution in [0.3, 0.4) is 0 Å². The van der Waals surface area contributed by atoms with E-state index in [4.69, 9.17) is 21.6 Å². The SMILES string of the molecule is COc1ccc2cc(CN3CCN(Cc4ccc(C#N)cc4)CC3)c(Cl)nc2c1. The minimum absolute atomic E-state index is 0.561.